The fourth-order valence-electron chi connectivity index (χ4n) is 0.519. The van der Waals surface area contributed by atoms with Gasteiger partial charge in [0.05, 0.1) is 0 Å². The minimum absolute atomic E-state index is 0.632. The highest BCUT2D eigenvalue weighted by atomic mass is 32.2. The van der Waals surface area contributed by atoms with Gasteiger partial charge >= 0.3 is 5.97 Å². The number of hydrogen-bond acceptors (Lipinski definition) is 3. The molecule has 0 rings (SSSR count). The third kappa shape index (κ3) is 9.52. The average Bonchev–Trinajstić information content (AvgIpc) is 1.96. The van der Waals surface area contributed by atoms with Crippen LogP contribution in [0.5, 0.6) is 0 Å². The maximum Gasteiger partial charge on any atom is 0.328 e. The van der Waals surface area contributed by atoms with Crippen LogP contribution in [-0.2, 0) is 4.79 Å². The Labute approximate surface area is 70.9 Å². The first kappa shape index (κ1) is 10.5. The summed E-state index contributed by atoms with van der Waals surface area (Å²) in [4.78, 5) is 9.97. The molecule has 0 saturated carbocycles. The Hall–Kier alpha value is -0.480. The van der Waals surface area contributed by atoms with Crippen molar-refractivity contribution in [3.05, 3.63) is 12.2 Å². The van der Waals surface area contributed by atoms with Crippen molar-refractivity contribution in [1.29, 1.82) is 0 Å². The Balaban J connectivity index is 3.07. The summed E-state index contributed by atoms with van der Waals surface area (Å²) in [5.41, 5.74) is 0. The first-order chi connectivity index (χ1) is 5.27. The second kappa shape index (κ2) is 7.63. The number of nitrogens with one attached hydrogen (secondary N) is 1. The summed E-state index contributed by atoms with van der Waals surface area (Å²) < 4.78 is 0. The van der Waals surface area contributed by atoms with Crippen molar-refractivity contribution in [1.82, 2.24) is 5.32 Å². The third-order valence-electron chi connectivity index (χ3n) is 1.01. The van der Waals surface area contributed by atoms with Crippen molar-refractivity contribution in [2.75, 3.05) is 25.1 Å². The maximum atomic E-state index is 9.97. The minimum Gasteiger partial charge on any atom is -0.478 e. The zero-order chi connectivity index (χ0) is 8.53. The number of aliphatic carboxylic acids is 1. The molecule has 0 aliphatic carbocycles. The predicted octanol–water partition coefficient (Wildman–Crippen LogP) is 0.580. The van der Waals surface area contributed by atoms with Crippen molar-refractivity contribution in [2.24, 2.45) is 0 Å². The molecule has 0 aliphatic heterocycles. The van der Waals surface area contributed by atoms with Crippen LogP contribution in [0.1, 0.15) is 0 Å². The Morgan fingerprint density at radius 1 is 1.73 bits per heavy atom. The lowest BCUT2D eigenvalue weighted by Crippen LogP contribution is -2.16. The van der Waals surface area contributed by atoms with E-state index in [2.05, 4.69) is 5.32 Å². The number of carboxylic acid groups (broad SMARTS) is 1. The monoisotopic (exact) mass is 175 g/mol. The van der Waals surface area contributed by atoms with Crippen LogP contribution in [0.3, 0.4) is 0 Å². The zero-order valence-electron chi connectivity index (χ0n) is 6.54. The first-order valence-electron chi connectivity index (χ1n) is 3.36. The number of carbonyl (C=O) groups is 1. The summed E-state index contributed by atoms with van der Waals surface area (Å²) in [5.74, 6) is 0.164. The van der Waals surface area contributed by atoms with Crippen molar-refractivity contribution < 1.29 is 9.90 Å². The van der Waals surface area contributed by atoms with Crippen molar-refractivity contribution in [3.63, 3.8) is 0 Å². The molecule has 0 saturated heterocycles. The molecule has 11 heavy (non-hydrogen) atoms. The highest BCUT2D eigenvalue weighted by Gasteiger charge is 1.84. The van der Waals surface area contributed by atoms with Crippen molar-refractivity contribution in [3.8, 4) is 0 Å². The summed E-state index contributed by atoms with van der Waals surface area (Å²) in [6.45, 7) is 1.55. The first-order valence-corrected chi connectivity index (χ1v) is 4.76. The standard InChI is InChI=1S/C7H13NO2S/c1-11-6-5-8-4-2-3-7(9)10/h2-3,8H,4-6H2,1H3,(H,9,10)/b3-2+. The molecule has 2 N–H and O–H groups in total. The van der Waals surface area contributed by atoms with Crippen LogP contribution in [0.25, 0.3) is 0 Å². The van der Waals surface area contributed by atoms with E-state index in [-0.39, 0.29) is 0 Å². The van der Waals surface area contributed by atoms with E-state index < -0.39 is 5.97 Å². The van der Waals surface area contributed by atoms with Gasteiger partial charge < -0.3 is 10.4 Å². The van der Waals surface area contributed by atoms with Gasteiger partial charge in [-0.15, -0.1) is 0 Å². The molecule has 0 unspecified atom stereocenters. The molecule has 64 valence electrons. The van der Waals surface area contributed by atoms with Crippen LogP contribution >= 0.6 is 11.8 Å². The number of rotatable bonds is 6. The fraction of sp³-hybridized carbons (Fsp3) is 0.571. The van der Waals surface area contributed by atoms with E-state index in [1.807, 2.05) is 6.26 Å². The van der Waals surface area contributed by atoms with Gasteiger partial charge in [0.25, 0.3) is 0 Å². The lowest BCUT2D eigenvalue weighted by atomic mass is 10.5. The van der Waals surface area contributed by atoms with Crippen LogP contribution in [0, 0.1) is 0 Å². The van der Waals surface area contributed by atoms with E-state index in [4.69, 9.17) is 5.11 Å². The Morgan fingerprint density at radius 3 is 3.00 bits per heavy atom. The average molecular weight is 175 g/mol. The van der Waals surface area contributed by atoms with Crippen LogP contribution in [0.2, 0.25) is 0 Å². The van der Waals surface area contributed by atoms with Gasteiger partial charge in [0.15, 0.2) is 0 Å². The minimum atomic E-state index is -0.892. The lowest BCUT2D eigenvalue weighted by molar-refractivity contribution is -0.131. The molecule has 4 heteroatoms. The molecule has 0 aromatic rings. The summed E-state index contributed by atoms with van der Waals surface area (Å²) in [6, 6.07) is 0. The molecule has 0 aromatic heterocycles. The van der Waals surface area contributed by atoms with Gasteiger partial charge in [-0.25, -0.2) is 4.79 Å². The molecule has 0 heterocycles. The lowest BCUT2D eigenvalue weighted by Gasteiger charge is -1.96. The highest BCUT2D eigenvalue weighted by Crippen LogP contribution is 1.86. The molecule has 0 aliphatic rings. The number of hydrogen-bond donors (Lipinski definition) is 2. The highest BCUT2D eigenvalue weighted by molar-refractivity contribution is 7.98. The normalized spacial score (nSPS) is 10.6. The van der Waals surface area contributed by atoms with E-state index in [0.29, 0.717) is 6.54 Å². The van der Waals surface area contributed by atoms with Gasteiger partial charge in [0.2, 0.25) is 0 Å². The van der Waals surface area contributed by atoms with Crippen LogP contribution in [0.4, 0.5) is 0 Å². The van der Waals surface area contributed by atoms with Gasteiger partial charge in [-0.3, -0.25) is 0 Å². The van der Waals surface area contributed by atoms with Crippen LogP contribution < -0.4 is 5.32 Å². The molecule has 0 amide bonds. The topological polar surface area (TPSA) is 49.3 Å². The van der Waals surface area contributed by atoms with Gasteiger partial charge in [0.1, 0.15) is 0 Å². The van der Waals surface area contributed by atoms with Gasteiger partial charge in [0, 0.05) is 24.9 Å². The molecule has 0 radical (unpaired) electrons. The molecular weight excluding hydrogens is 162 g/mol. The molecule has 0 spiro atoms. The number of carboxylic acids is 1. The SMILES string of the molecule is CSCCNC/C=C/C(=O)O. The molecule has 3 nitrogen and oxygen atoms in total. The van der Waals surface area contributed by atoms with Gasteiger partial charge in [-0.05, 0) is 6.26 Å². The molecular formula is C7H13NO2S. The van der Waals surface area contributed by atoms with Gasteiger partial charge in [-0.1, -0.05) is 6.08 Å². The second-order valence-corrected chi connectivity index (χ2v) is 2.92. The maximum absolute atomic E-state index is 9.97. The molecule has 0 atom stereocenters. The quantitative estimate of drug-likeness (QED) is 0.458. The number of thioether (sulfide) groups is 1. The van der Waals surface area contributed by atoms with E-state index >= 15 is 0 Å². The summed E-state index contributed by atoms with van der Waals surface area (Å²) in [7, 11) is 0. The van der Waals surface area contributed by atoms with E-state index in [1.54, 1.807) is 17.8 Å². The largest absolute Gasteiger partial charge is 0.478 e. The molecule has 0 aromatic carbocycles. The second-order valence-electron chi connectivity index (χ2n) is 1.94. The van der Waals surface area contributed by atoms with Crippen LogP contribution in [0.15, 0.2) is 12.2 Å². The Kier molecular flexibility index (Phi) is 7.29. The van der Waals surface area contributed by atoms with E-state index in [0.717, 1.165) is 18.4 Å². The van der Waals surface area contributed by atoms with E-state index in [1.165, 1.54) is 0 Å². The smallest absolute Gasteiger partial charge is 0.328 e. The predicted molar refractivity (Wildman–Crippen MR) is 48.0 cm³/mol. The Bertz CT molecular complexity index is 136. The van der Waals surface area contributed by atoms with Crippen molar-refractivity contribution in [2.45, 2.75) is 0 Å². The fourth-order valence-corrected chi connectivity index (χ4v) is 0.868. The third-order valence-corrected chi connectivity index (χ3v) is 1.62. The summed E-state index contributed by atoms with van der Waals surface area (Å²) in [5, 5.41) is 11.3. The zero-order valence-corrected chi connectivity index (χ0v) is 7.36. The summed E-state index contributed by atoms with van der Waals surface area (Å²) in [6.07, 6.45) is 4.78. The van der Waals surface area contributed by atoms with Crippen molar-refractivity contribution >= 4 is 17.7 Å². The van der Waals surface area contributed by atoms with Crippen LogP contribution in [-0.4, -0.2) is 36.2 Å². The van der Waals surface area contributed by atoms with Gasteiger partial charge in [-0.2, -0.15) is 11.8 Å². The van der Waals surface area contributed by atoms with E-state index in [9.17, 15) is 4.79 Å². The Morgan fingerprint density at radius 2 is 2.45 bits per heavy atom. The molecule has 0 bridgehead atoms. The summed E-state index contributed by atoms with van der Waals surface area (Å²) >= 11 is 1.76. The molecule has 0 fully saturated rings.